The van der Waals surface area contributed by atoms with Gasteiger partial charge in [-0.2, -0.15) is 0 Å². The molecule has 4 nitrogen and oxygen atoms in total. The number of carbonyl (C=O) groups excluding carboxylic acids is 1. The van der Waals surface area contributed by atoms with Crippen LogP contribution >= 0.6 is 11.6 Å². The summed E-state index contributed by atoms with van der Waals surface area (Å²) < 4.78 is 39.4. The Hall–Kier alpha value is -1.63. The molecule has 8 heteroatoms. The first kappa shape index (κ1) is 12.4. The molecule has 0 aliphatic carbocycles. The van der Waals surface area contributed by atoms with E-state index in [-0.39, 0.29) is 16.3 Å². The molecule has 1 rings (SSSR count). The third-order valence-electron chi connectivity index (χ3n) is 1.59. The van der Waals surface area contributed by atoms with Crippen molar-refractivity contribution >= 4 is 23.2 Å². The first-order chi connectivity index (χ1) is 7.20. The molecule has 1 amide bonds. The van der Waals surface area contributed by atoms with Crippen LogP contribution in [0.25, 0.3) is 0 Å². The van der Waals surface area contributed by atoms with E-state index in [0.29, 0.717) is 0 Å². The number of hydrogen-bond acceptors (Lipinski definition) is 3. The van der Waals surface area contributed by atoms with E-state index in [0.717, 1.165) is 12.1 Å². The zero-order valence-corrected chi connectivity index (χ0v) is 8.39. The number of halogens is 4. The topological polar surface area (TPSA) is 78.3 Å². The number of carbonyl (C=O) groups is 1. The molecule has 0 heterocycles. The quantitative estimate of drug-likeness (QED) is 0.792. The number of hydrogen-bond donors (Lipinski definition) is 2. The van der Waals surface area contributed by atoms with Crippen molar-refractivity contribution in [2.75, 3.05) is 5.73 Å². The monoisotopic (exact) mass is 254 g/mol. The van der Waals surface area contributed by atoms with Crippen molar-refractivity contribution in [1.82, 2.24) is 0 Å². The molecule has 0 radical (unpaired) electrons. The molecule has 0 aromatic heterocycles. The number of ether oxygens (including phenoxy) is 1. The molecule has 0 spiro atoms. The van der Waals surface area contributed by atoms with Crippen molar-refractivity contribution in [2.24, 2.45) is 5.73 Å². The van der Waals surface area contributed by atoms with E-state index in [2.05, 4.69) is 4.74 Å². The summed E-state index contributed by atoms with van der Waals surface area (Å²) in [6.07, 6.45) is -4.91. The normalized spacial score (nSPS) is 11.2. The van der Waals surface area contributed by atoms with E-state index >= 15 is 0 Å². The van der Waals surface area contributed by atoms with Crippen LogP contribution in [-0.4, -0.2) is 12.3 Å². The Kier molecular flexibility index (Phi) is 3.18. The van der Waals surface area contributed by atoms with Gasteiger partial charge >= 0.3 is 6.36 Å². The van der Waals surface area contributed by atoms with Crippen LogP contribution in [0.1, 0.15) is 10.4 Å². The van der Waals surface area contributed by atoms with E-state index in [1.807, 2.05) is 0 Å². The van der Waals surface area contributed by atoms with Gasteiger partial charge in [-0.05, 0) is 12.1 Å². The summed E-state index contributed by atoms with van der Waals surface area (Å²) >= 11 is 5.55. The molecule has 0 saturated heterocycles. The maximum absolute atomic E-state index is 11.9. The SMILES string of the molecule is NC(=O)c1cc(OC(F)(F)F)c(N)cc1Cl. The highest BCUT2D eigenvalue weighted by Crippen LogP contribution is 2.32. The number of nitrogen functional groups attached to an aromatic ring is 1. The molecule has 0 saturated carbocycles. The standard InChI is InChI=1S/C8H6ClF3N2O2/c9-4-2-5(13)6(16-8(10,11)12)1-3(4)7(14)15/h1-2H,13H2,(H2,14,15). The number of alkyl halides is 3. The number of rotatable bonds is 2. The van der Waals surface area contributed by atoms with Gasteiger partial charge in [-0.25, -0.2) is 0 Å². The smallest absolute Gasteiger partial charge is 0.404 e. The molecule has 0 fully saturated rings. The van der Waals surface area contributed by atoms with Gasteiger partial charge in [0.15, 0.2) is 5.75 Å². The van der Waals surface area contributed by atoms with Crippen LogP contribution in [0, 0.1) is 0 Å². The van der Waals surface area contributed by atoms with E-state index < -0.39 is 18.0 Å². The Morgan fingerprint density at radius 3 is 2.38 bits per heavy atom. The first-order valence-corrected chi connectivity index (χ1v) is 4.23. The van der Waals surface area contributed by atoms with Gasteiger partial charge in [-0.1, -0.05) is 11.6 Å². The maximum Gasteiger partial charge on any atom is 0.573 e. The number of amides is 1. The average molecular weight is 255 g/mol. The zero-order chi connectivity index (χ0) is 12.5. The minimum absolute atomic E-state index is 0.139. The zero-order valence-electron chi connectivity index (χ0n) is 7.64. The summed E-state index contributed by atoms with van der Waals surface area (Å²) in [6, 6.07) is 1.70. The Morgan fingerprint density at radius 1 is 1.38 bits per heavy atom. The lowest BCUT2D eigenvalue weighted by Gasteiger charge is -2.12. The predicted octanol–water partition coefficient (Wildman–Crippen LogP) is 1.92. The van der Waals surface area contributed by atoms with Gasteiger partial charge in [-0.15, -0.1) is 13.2 Å². The summed E-state index contributed by atoms with van der Waals surface area (Å²) in [6.45, 7) is 0. The lowest BCUT2D eigenvalue weighted by atomic mass is 10.2. The highest BCUT2D eigenvalue weighted by Gasteiger charge is 2.32. The minimum atomic E-state index is -4.91. The third kappa shape index (κ3) is 2.93. The van der Waals surface area contributed by atoms with Crippen molar-refractivity contribution in [3.8, 4) is 5.75 Å². The van der Waals surface area contributed by atoms with Crippen LogP contribution in [0.3, 0.4) is 0 Å². The highest BCUT2D eigenvalue weighted by atomic mass is 35.5. The highest BCUT2D eigenvalue weighted by molar-refractivity contribution is 6.34. The Morgan fingerprint density at radius 2 is 1.94 bits per heavy atom. The molecule has 16 heavy (non-hydrogen) atoms. The van der Waals surface area contributed by atoms with Crippen LogP contribution in [0.15, 0.2) is 12.1 Å². The van der Waals surface area contributed by atoms with E-state index in [1.54, 1.807) is 0 Å². The van der Waals surface area contributed by atoms with E-state index in [4.69, 9.17) is 23.1 Å². The minimum Gasteiger partial charge on any atom is -0.404 e. The van der Waals surface area contributed by atoms with Crippen molar-refractivity contribution in [3.63, 3.8) is 0 Å². The Labute approximate surface area is 92.9 Å². The van der Waals surface area contributed by atoms with Gasteiger partial charge in [0, 0.05) is 0 Å². The average Bonchev–Trinajstić information content (AvgIpc) is 2.07. The fourth-order valence-electron chi connectivity index (χ4n) is 0.971. The van der Waals surface area contributed by atoms with Crippen LogP contribution in [-0.2, 0) is 0 Å². The third-order valence-corrected chi connectivity index (χ3v) is 1.90. The van der Waals surface area contributed by atoms with E-state index in [1.165, 1.54) is 0 Å². The second-order valence-electron chi connectivity index (χ2n) is 2.78. The van der Waals surface area contributed by atoms with Crippen molar-refractivity contribution < 1.29 is 22.7 Å². The largest absolute Gasteiger partial charge is 0.573 e. The number of nitrogens with two attached hydrogens (primary N) is 2. The molecule has 0 bridgehead atoms. The van der Waals surface area contributed by atoms with Gasteiger partial charge in [0.25, 0.3) is 0 Å². The summed E-state index contributed by atoms with van der Waals surface area (Å²) in [4.78, 5) is 10.8. The molecule has 1 aromatic carbocycles. The fraction of sp³-hybridized carbons (Fsp3) is 0.125. The Bertz CT molecular complexity index is 434. The summed E-state index contributed by atoms with van der Waals surface area (Å²) in [5, 5.41) is -0.139. The summed E-state index contributed by atoms with van der Waals surface area (Å²) in [5.74, 6) is -1.69. The number of benzene rings is 1. The van der Waals surface area contributed by atoms with Crippen LogP contribution in [0.2, 0.25) is 5.02 Å². The molecular weight excluding hydrogens is 249 g/mol. The predicted molar refractivity (Wildman–Crippen MR) is 51.1 cm³/mol. The Balaban J connectivity index is 3.20. The van der Waals surface area contributed by atoms with Crippen LogP contribution in [0.4, 0.5) is 18.9 Å². The van der Waals surface area contributed by atoms with Crippen molar-refractivity contribution in [2.45, 2.75) is 6.36 Å². The van der Waals surface area contributed by atoms with Gasteiger partial charge < -0.3 is 16.2 Å². The molecule has 88 valence electrons. The second-order valence-corrected chi connectivity index (χ2v) is 3.19. The lowest BCUT2D eigenvalue weighted by molar-refractivity contribution is -0.274. The second kappa shape index (κ2) is 4.09. The molecule has 0 aliphatic rings. The van der Waals surface area contributed by atoms with E-state index in [9.17, 15) is 18.0 Å². The number of anilines is 1. The lowest BCUT2D eigenvalue weighted by Crippen LogP contribution is -2.19. The molecule has 0 unspecified atom stereocenters. The van der Waals surface area contributed by atoms with Gasteiger partial charge in [-0.3, -0.25) is 4.79 Å². The molecular formula is C8H6ClF3N2O2. The van der Waals surface area contributed by atoms with Crippen molar-refractivity contribution in [3.05, 3.63) is 22.7 Å². The van der Waals surface area contributed by atoms with Crippen molar-refractivity contribution in [1.29, 1.82) is 0 Å². The van der Waals surface area contributed by atoms with Gasteiger partial charge in [0.2, 0.25) is 5.91 Å². The summed E-state index contributed by atoms with van der Waals surface area (Å²) in [5.41, 5.74) is 9.50. The van der Waals surface area contributed by atoms with Gasteiger partial charge in [0.05, 0.1) is 16.3 Å². The first-order valence-electron chi connectivity index (χ1n) is 3.85. The summed E-state index contributed by atoms with van der Waals surface area (Å²) in [7, 11) is 0. The fourth-order valence-corrected chi connectivity index (χ4v) is 1.24. The van der Waals surface area contributed by atoms with Crippen LogP contribution < -0.4 is 16.2 Å². The maximum atomic E-state index is 11.9. The molecule has 0 atom stereocenters. The molecule has 4 N–H and O–H groups in total. The van der Waals surface area contributed by atoms with Gasteiger partial charge in [0.1, 0.15) is 0 Å². The van der Waals surface area contributed by atoms with Crippen LogP contribution in [0.5, 0.6) is 5.75 Å². The molecule has 1 aromatic rings. The molecule has 0 aliphatic heterocycles. The number of primary amides is 1.